The first kappa shape index (κ1) is 16.6. The molecule has 0 bridgehead atoms. The largest absolute Gasteiger partial charge is 0.431 e. The van der Waals surface area contributed by atoms with Gasteiger partial charge in [-0.3, -0.25) is 0 Å². The van der Waals surface area contributed by atoms with Gasteiger partial charge in [-0.05, 0) is 30.7 Å². The summed E-state index contributed by atoms with van der Waals surface area (Å²) >= 11 is 1.58. The van der Waals surface area contributed by atoms with Crippen LogP contribution >= 0.6 is 11.8 Å². The van der Waals surface area contributed by atoms with E-state index < -0.39 is 5.79 Å². The van der Waals surface area contributed by atoms with E-state index in [0.29, 0.717) is 24.9 Å². The van der Waals surface area contributed by atoms with Crippen LogP contribution in [0, 0.1) is 5.82 Å². The van der Waals surface area contributed by atoms with Crippen LogP contribution in [-0.2, 0) is 15.3 Å². The summed E-state index contributed by atoms with van der Waals surface area (Å²) < 4.78 is 30.6. The number of ether oxygens (including phenoxy) is 2. The van der Waals surface area contributed by atoms with Gasteiger partial charge in [-0.1, -0.05) is 36.0 Å². The van der Waals surface area contributed by atoms with Gasteiger partial charge < -0.3 is 13.9 Å². The Kier molecular flexibility index (Phi) is 4.74. The summed E-state index contributed by atoms with van der Waals surface area (Å²) in [6.45, 7) is 1.10. The van der Waals surface area contributed by atoms with Crippen LogP contribution < -0.4 is 0 Å². The fourth-order valence-corrected chi connectivity index (χ4v) is 3.77. The number of benzene rings is 2. The molecule has 1 aliphatic rings. The Morgan fingerprint density at radius 2 is 1.80 bits per heavy atom. The number of oxazole rings is 1. The van der Waals surface area contributed by atoms with Crippen molar-refractivity contribution in [1.29, 1.82) is 0 Å². The van der Waals surface area contributed by atoms with E-state index in [4.69, 9.17) is 13.9 Å². The van der Waals surface area contributed by atoms with Gasteiger partial charge in [0.15, 0.2) is 11.4 Å². The lowest BCUT2D eigenvalue weighted by molar-refractivity contribution is -0.170. The van der Waals surface area contributed by atoms with Crippen molar-refractivity contribution in [3.8, 4) is 0 Å². The van der Waals surface area contributed by atoms with E-state index in [0.717, 1.165) is 28.8 Å². The van der Waals surface area contributed by atoms with E-state index in [-0.39, 0.29) is 5.82 Å². The second-order valence-corrected chi connectivity index (χ2v) is 6.90. The van der Waals surface area contributed by atoms with E-state index >= 15 is 0 Å². The van der Waals surface area contributed by atoms with Crippen molar-refractivity contribution in [2.75, 3.05) is 19.0 Å². The van der Waals surface area contributed by atoms with Crippen LogP contribution in [0.5, 0.6) is 0 Å². The molecular weight excluding hydrogens is 341 g/mol. The molecule has 25 heavy (non-hydrogen) atoms. The van der Waals surface area contributed by atoms with Gasteiger partial charge in [0.2, 0.25) is 0 Å². The van der Waals surface area contributed by atoms with Crippen molar-refractivity contribution in [3.63, 3.8) is 0 Å². The third-order valence-electron chi connectivity index (χ3n) is 4.19. The Balaban J connectivity index is 1.38. The van der Waals surface area contributed by atoms with Crippen LogP contribution in [0.3, 0.4) is 0 Å². The summed E-state index contributed by atoms with van der Waals surface area (Å²) in [6, 6.07) is 14.1. The molecule has 3 aromatic rings. The number of para-hydroxylation sites is 2. The lowest BCUT2D eigenvalue weighted by atomic mass is 10.0. The summed E-state index contributed by atoms with van der Waals surface area (Å²) in [5, 5.41) is 0.672. The molecule has 0 spiro atoms. The highest BCUT2D eigenvalue weighted by Gasteiger charge is 2.37. The standard InChI is InChI=1S/C19H18FNO3S/c20-15-8-6-14(7-9-15)19(22-11-12-23-19)10-3-13-25-18-21-16-4-1-2-5-17(16)24-18/h1-2,4-9H,3,10-13H2. The number of thioether (sulfide) groups is 1. The molecule has 0 radical (unpaired) electrons. The smallest absolute Gasteiger partial charge is 0.256 e. The predicted molar refractivity (Wildman–Crippen MR) is 93.9 cm³/mol. The van der Waals surface area contributed by atoms with Crippen molar-refractivity contribution in [2.45, 2.75) is 23.9 Å². The van der Waals surface area contributed by atoms with Crippen molar-refractivity contribution in [2.24, 2.45) is 0 Å². The fraction of sp³-hybridized carbons (Fsp3) is 0.316. The Bertz CT molecular complexity index is 810. The highest BCUT2D eigenvalue weighted by molar-refractivity contribution is 7.99. The van der Waals surface area contributed by atoms with Crippen LogP contribution in [0.2, 0.25) is 0 Å². The zero-order chi connectivity index (χ0) is 17.1. The topological polar surface area (TPSA) is 44.5 Å². The van der Waals surface area contributed by atoms with Crippen LogP contribution in [0.25, 0.3) is 11.1 Å². The maximum absolute atomic E-state index is 13.2. The molecule has 1 aliphatic heterocycles. The molecule has 0 N–H and O–H groups in total. The lowest BCUT2D eigenvalue weighted by Gasteiger charge is -2.27. The first-order valence-electron chi connectivity index (χ1n) is 8.28. The zero-order valence-electron chi connectivity index (χ0n) is 13.6. The number of aromatic nitrogens is 1. The minimum absolute atomic E-state index is 0.261. The number of hydrogen-bond acceptors (Lipinski definition) is 5. The zero-order valence-corrected chi connectivity index (χ0v) is 14.4. The minimum atomic E-state index is -0.768. The maximum atomic E-state index is 13.2. The second-order valence-electron chi connectivity index (χ2n) is 5.86. The first-order valence-corrected chi connectivity index (χ1v) is 9.26. The average Bonchev–Trinajstić information content (AvgIpc) is 3.26. The molecule has 0 saturated carbocycles. The number of nitrogens with zero attached hydrogens (tertiary/aromatic N) is 1. The van der Waals surface area contributed by atoms with E-state index in [9.17, 15) is 4.39 Å². The molecule has 0 unspecified atom stereocenters. The summed E-state index contributed by atoms with van der Waals surface area (Å²) in [5.41, 5.74) is 2.53. The lowest BCUT2D eigenvalue weighted by Crippen LogP contribution is -2.27. The van der Waals surface area contributed by atoms with Crippen molar-refractivity contribution in [3.05, 3.63) is 59.9 Å². The molecule has 1 saturated heterocycles. The van der Waals surface area contributed by atoms with E-state index in [2.05, 4.69) is 4.98 Å². The van der Waals surface area contributed by atoms with Gasteiger partial charge in [0.25, 0.3) is 5.22 Å². The first-order chi connectivity index (χ1) is 12.3. The Labute approximate surface area is 149 Å². The van der Waals surface area contributed by atoms with Gasteiger partial charge >= 0.3 is 0 Å². The van der Waals surface area contributed by atoms with E-state index in [1.165, 1.54) is 12.1 Å². The summed E-state index contributed by atoms with van der Waals surface area (Å²) in [6.07, 6.45) is 1.56. The Hall–Kier alpha value is -1.89. The summed E-state index contributed by atoms with van der Waals surface area (Å²) in [4.78, 5) is 4.46. The normalized spacial score (nSPS) is 16.5. The van der Waals surface area contributed by atoms with Gasteiger partial charge in [0.1, 0.15) is 11.3 Å². The van der Waals surface area contributed by atoms with Gasteiger partial charge in [0.05, 0.1) is 13.2 Å². The van der Waals surface area contributed by atoms with Crippen molar-refractivity contribution < 1.29 is 18.3 Å². The van der Waals surface area contributed by atoms with Crippen LogP contribution in [-0.4, -0.2) is 24.0 Å². The monoisotopic (exact) mass is 359 g/mol. The maximum Gasteiger partial charge on any atom is 0.256 e. The fourth-order valence-electron chi connectivity index (χ4n) is 2.99. The predicted octanol–water partition coefficient (Wildman–Crippen LogP) is 4.74. The molecule has 2 heterocycles. The minimum Gasteiger partial charge on any atom is -0.431 e. The van der Waals surface area contributed by atoms with Gasteiger partial charge in [-0.15, -0.1) is 0 Å². The van der Waals surface area contributed by atoms with Crippen molar-refractivity contribution in [1.82, 2.24) is 4.98 Å². The average molecular weight is 359 g/mol. The van der Waals surface area contributed by atoms with Crippen LogP contribution in [0.15, 0.2) is 58.2 Å². The third kappa shape index (κ3) is 3.56. The molecule has 0 aliphatic carbocycles. The molecule has 1 aromatic heterocycles. The molecule has 4 nitrogen and oxygen atoms in total. The van der Waals surface area contributed by atoms with Gasteiger partial charge in [-0.2, -0.15) is 0 Å². The number of halogens is 1. The van der Waals surface area contributed by atoms with E-state index in [1.807, 2.05) is 24.3 Å². The van der Waals surface area contributed by atoms with Crippen LogP contribution in [0.1, 0.15) is 18.4 Å². The number of fused-ring (bicyclic) bond motifs is 1. The van der Waals surface area contributed by atoms with Gasteiger partial charge in [0, 0.05) is 17.7 Å². The van der Waals surface area contributed by atoms with Crippen molar-refractivity contribution >= 4 is 22.9 Å². The van der Waals surface area contributed by atoms with Crippen LogP contribution in [0.4, 0.5) is 4.39 Å². The third-order valence-corrected chi connectivity index (χ3v) is 5.10. The molecule has 1 fully saturated rings. The molecule has 130 valence electrons. The summed E-state index contributed by atoms with van der Waals surface area (Å²) in [7, 11) is 0. The Morgan fingerprint density at radius 3 is 2.56 bits per heavy atom. The molecule has 4 rings (SSSR count). The quantitative estimate of drug-likeness (QED) is 0.470. The second kappa shape index (κ2) is 7.15. The summed E-state index contributed by atoms with van der Waals surface area (Å²) in [5.74, 6) is -0.193. The molecular formula is C19H18FNO3S. The number of hydrogen-bond donors (Lipinski definition) is 0. The molecule has 6 heteroatoms. The van der Waals surface area contributed by atoms with E-state index in [1.54, 1.807) is 23.9 Å². The highest BCUT2D eigenvalue weighted by Crippen LogP contribution is 2.37. The molecule has 2 aromatic carbocycles. The SMILES string of the molecule is Fc1ccc(C2(CCCSc3nc4ccccc4o3)OCCO2)cc1. The molecule has 0 amide bonds. The molecule has 0 atom stereocenters. The Morgan fingerprint density at radius 1 is 1.04 bits per heavy atom. The highest BCUT2D eigenvalue weighted by atomic mass is 32.2. The number of rotatable bonds is 6. The van der Waals surface area contributed by atoms with Gasteiger partial charge in [-0.25, -0.2) is 9.37 Å².